The third kappa shape index (κ3) is 7.52. The van der Waals surface area contributed by atoms with Crippen molar-refractivity contribution in [2.24, 2.45) is 0 Å². The minimum atomic E-state index is -0.353. The normalized spacial score (nSPS) is 15.1. The van der Waals surface area contributed by atoms with Crippen LogP contribution < -0.4 is 16.2 Å². The highest BCUT2D eigenvalue weighted by Crippen LogP contribution is 2.22. The third-order valence-electron chi connectivity index (χ3n) is 5.38. The molecule has 1 aliphatic heterocycles. The van der Waals surface area contributed by atoms with E-state index in [1.54, 1.807) is 12.1 Å². The van der Waals surface area contributed by atoms with Crippen LogP contribution in [-0.2, 0) is 33.8 Å². The first-order valence-corrected chi connectivity index (χ1v) is 12.3. The summed E-state index contributed by atoms with van der Waals surface area (Å²) in [5.41, 5.74) is 6.50. The number of hydrogen-bond donors (Lipinski definition) is 3. The van der Waals surface area contributed by atoms with Crippen LogP contribution in [-0.4, -0.2) is 45.0 Å². The lowest BCUT2D eigenvalue weighted by molar-refractivity contribution is -0.127. The molecular weight excluding hydrogens is 471 g/mol. The number of hydrazine groups is 1. The maximum Gasteiger partial charge on any atom is 0.248 e. The highest BCUT2D eigenvalue weighted by molar-refractivity contribution is 7.99. The van der Waals surface area contributed by atoms with Crippen molar-refractivity contribution >= 4 is 29.3 Å². The van der Waals surface area contributed by atoms with Gasteiger partial charge in [-0.2, -0.15) is 0 Å². The summed E-state index contributed by atoms with van der Waals surface area (Å²) in [4.78, 5) is 24.4. The summed E-state index contributed by atoms with van der Waals surface area (Å²) < 4.78 is 20.9. The van der Waals surface area contributed by atoms with Gasteiger partial charge in [0.05, 0.1) is 31.4 Å². The molecule has 11 heteroatoms. The van der Waals surface area contributed by atoms with Crippen LogP contribution in [0.3, 0.4) is 0 Å². The van der Waals surface area contributed by atoms with Gasteiger partial charge in [-0.3, -0.25) is 20.4 Å². The van der Waals surface area contributed by atoms with Crippen LogP contribution >= 0.6 is 11.8 Å². The molecule has 1 aliphatic rings. The number of nitrogens with zero attached hydrogens (tertiary/aromatic N) is 3. The van der Waals surface area contributed by atoms with Gasteiger partial charge in [-0.1, -0.05) is 42.1 Å². The Morgan fingerprint density at radius 1 is 1.06 bits per heavy atom. The fourth-order valence-electron chi connectivity index (χ4n) is 3.61. The van der Waals surface area contributed by atoms with Crippen LogP contribution in [0.1, 0.15) is 24.2 Å². The van der Waals surface area contributed by atoms with E-state index in [4.69, 9.17) is 4.74 Å². The molecule has 3 aromatic rings. The van der Waals surface area contributed by atoms with E-state index in [1.807, 2.05) is 34.9 Å². The number of hydrogen-bond acceptors (Lipinski definition) is 7. The Bertz CT molecular complexity index is 1120. The molecule has 4 rings (SSSR count). The summed E-state index contributed by atoms with van der Waals surface area (Å²) in [6.45, 7) is 1.68. The lowest BCUT2D eigenvalue weighted by Gasteiger charge is -2.15. The molecule has 0 aliphatic carbocycles. The van der Waals surface area contributed by atoms with Crippen molar-refractivity contribution in [3.05, 3.63) is 71.8 Å². The molecule has 2 aromatic carbocycles. The van der Waals surface area contributed by atoms with Crippen LogP contribution in [0.5, 0.6) is 0 Å². The summed E-state index contributed by atoms with van der Waals surface area (Å²) in [7, 11) is 0. The molecule has 1 aromatic heterocycles. The van der Waals surface area contributed by atoms with E-state index in [-0.39, 0.29) is 35.9 Å². The molecule has 3 N–H and O–H groups in total. The van der Waals surface area contributed by atoms with E-state index in [2.05, 4.69) is 26.4 Å². The first-order chi connectivity index (χ1) is 17.1. The Morgan fingerprint density at radius 2 is 1.83 bits per heavy atom. The number of nitrogens with one attached hydrogen (secondary N) is 3. The van der Waals surface area contributed by atoms with E-state index < -0.39 is 0 Å². The number of aromatic nitrogens is 3. The number of anilines is 1. The number of amides is 2. The van der Waals surface area contributed by atoms with Gasteiger partial charge in [-0.05, 0) is 42.7 Å². The number of benzene rings is 2. The van der Waals surface area contributed by atoms with Gasteiger partial charge in [0.15, 0.2) is 11.0 Å². The molecule has 184 valence electrons. The van der Waals surface area contributed by atoms with Crippen LogP contribution in [0.4, 0.5) is 10.1 Å². The number of rotatable bonds is 10. The second-order valence-corrected chi connectivity index (χ2v) is 8.99. The molecule has 0 radical (unpaired) electrons. The number of halogens is 1. The average molecular weight is 499 g/mol. The zero-order valence-corrected chi connectivity index (χ0v) is 19.9. The molecule has 1 saturated heterocycles. The van der Waals surface area contributed by atoms with Crippen molar-refractivity contribution in [1.82, 2.24) is 25.6 Å². The average Bonchev–Trinajstić information content (AvgIpc) is 3.52. The Balaban J connectivity index is 1.31. The molecule has 35 heavy (non-hydrogen) atoms. The van der Waals surface area contributed by atoms with E-state index >= 15 is 0 Å². The van der Waals surface area contributed by atoms with Crippen molar-refractivity contribution in [2.45, 2.75) is 43.6 Å². The van der Waals surface area contributed by atoms with E-state index in [0.717, 1.165) is 30.7 Å². The zero-order valence-electron chi connectivity index (χ0n) is 19.1. The number of carbonyl (C=O) groups is 2. The summed E-state index contributed by atoms with van der Waals surface area (Å²) in [5.74, 6) is -0.214. The number of carbonyl (C=O) groups excluding carboxylic acids is 2. The second-order valence-electron chi connectivity index (χ2n) is 8.05. The van der Waals surface area contributed by atoms with Crippen molar-refractivity contribution in [2.75, 3.05) is 17.7 Å². The third-order valence-corrected chi connectivity index (χ3v) is 6.35. The molecule has 2 heterocycles. The number of ether oxygens (including phenoxy) is 1. The maximum absolute atomic E-state index is 13.2. The monoisotopic (exact) mass is 498 g/mol. The molecule has 2 amide bonds. The summed E-state index contributed by atoms with van der Waals surface area (Å²) in [6.07, 6.45) is 2.18. The first-order valence-electron chi connectivity index (χ1n) is 11.3. The molecule has 1 fully saturated rings. The van der Waals surface area contributed by atoms with Gasteiger partial charge in [0.1, 0.15) is 5.82 Å². The smallest absolute Gasteiger partial charge is 0.248 e. The highest BCUT2D eigenvalue weighted by atomic mass is 32.2. The van der Waals surface area contributed by atoms with Crippen molar-refractivity contribution in [1.29, 1.82) is 0 Å². The maximum atomic E-state index is 13.2. The number of thioether (sulfide) groups is 1. The van der Waals surface area contributed by atoms with E-state index in [1.165, 1.54) is 23.9 Å². The van der Waals surface area contributed by atoms with Gasteiger partial charge in [0.2, 0.25) is 11.8 Å². The molecule has 0 spiro atoms. The predicted molar refractivity (Wildman–Crippen MR) is 130 cm³/mol. The minimum Gasteiger partial charge on any atom is -0.378 e. The lowest BCUT2D eigenvalue weighted by Crippen LogP contribution is -2.43. The fraction of sp³-hybridized carbons (Fsp3) is 0.333. The standard InChI is InChI=1S/C24H27FN6O3S/c25-18-8-10-19(11-9-18)26-14-21-27-30-24(31(21)15-20-7-4-12-34-20)35-16-23(33)29-28-22(32)13-17-5-2-1-3-6-17/h1-3,5-6,8-11,20,26H,4,7,12-16H2,(H,28,32)(H,29,33). The van der Waals surface area contributed by atoms with Crippen molar-refractivity contribution in [3.8, 4) is 0 Å². The quantitative estimate of drug-likeness (QED) is 0.291. The van der Waals surface area contributed by atoms with Crippen molar-refractivity contribution in [3.63, 3.8) is 0 Å². The molecule has 0 saturated carbocycles. The van der Waals surface area contributed by atoms with Crippen LogP contribution in [0.25, 0.3) is 0 Å². The summed E-state index contributed by atoms with van der Waals surface area (Å²) >= 11 is 1.23. The SMILES string of the molecule is O=C(CSc1nnc(CNc2ccc(F)cc2)n1CC1CCCO1)NNC(=O)Cc1ccccc1. The highest BCUT2D eigenvalue weighted by Gasteiger charge is 2.21. The predicted octanol–water partition coefficient (Wildman–Crippen LogP) is 2.69. The van der Waals surface area contributed by atoms with E-state index in [9.17, 15) is 14.0 Å². The van der Waals surface area contributed by atoms with Crippen LogP contribution in [0, 0.1) is 5.82 Å². The molecular formula is C24H27FN6O3S. The largest absolute Gasteiger partial charge is 0.378 e. The Kier molecular flexibility index (Phi) is 8.68. The minimum absolute atomic E-state index is 0.0562. The second kappa shape index (κ2) is 12.3. The van der Waals surface area contributed by atoms with Crippen molar-refractivity contribution < 1.29 is 18.7 Å². The van der Waals surface area contributed by atoms with Gasteiger partial charge < -0.3 is 14.6 Å². The van der Waals surface area contributed by atoms with Crippen LogP contribution in [0.15, 0.2) is 59.8 Å². The molecule has 9 nitrogen and oxygen atoms in total. The Hall–Kier alpha value is -3.44. The Morgan fingerprint density at radius 3 is 2.57 bits per heavy atom. The topological polar surface area (TPSA) is 110 Å². The van der Waals surface area contributed by atoms with Gasteiger partial charge in [0, 0.05) is 12.3 Å². The molecule has 0 bridgehead atoms. The summed E-state index contributed by atoms with van der Waals surface area (Å²) in [5, 5.41) is 12.4. The molecule has 1 unspecified atom stereocenters. The Labute approximate surface area is 206 Å². The van der Waals surface area contributed by atoms with Gasteiger partial charge >= 0.3 is 0 Å². The molecule has 1 atom stereocenters. The van der Waals surface area contributed by atoms with Gasteiger partial charge in [-0.25, -0.2) is 4.39 Å². The fourth-order valence-corrected chi connectivity index (χ4v) is 4.38. The zero-order chi connectivity index (χ0) is 24.5. The van der Waals surface area contributed by atoms with E-state index in [0.29, 0.717) is 24.1 Å². The van der Waals surface area contributed by atoms with Gasteiger partial charge in [0.25, 0.3) is 0 Å². The summed E-state index contributed by atoms with van der Waals surface area (Å²) in [6, 6.07) is 15.4. The van der Waals surface area contributed by atoms with Crippen LogP contribution in [0.2, 0.25) is 0 Å². The lowest BCUT2D eigenvalue weighted by atomic mass is 10.1. The first kappa shape index (κ1) is 24.7. The van der Waals surface area contributed by atoms with Gasteiger partial charge in [-0.15, -0.1) is 10.2 Å².